The van der Waals surface area contributed by atoms with E-state index in [2.05, 4.69) is 49.8 Å². The minimum absolute atomic E-state index is 0.0662. The van der Waals surface area contributed by atoms with Gasteiger partial charge in [-0.25, -0.2) is 4.79 Å². The van der Waals surface area contributed by atoms with Crippen molar-refractivity contribution in [3.8, 4) is 0 Å². The molecule has 0 amide bonds. The zero-order valence-electron chi connectivity index (χ0n) is 13.1. The van der Waals surface area contributed by atoms with Crippen molar-refractivity contribution < 1.29 is 19.1 Å². The molecule has 1 N–H and O–H groups in total. The topological polar surface area (TPSA) is 55.8 Å². The summed E-state index contributed by atoms with van der Waals surface area (Å²) in [5.74, 6) is -0.431. The molecule has 2 atom stereocenters. The van der Waals surface area contributed by atoms with Crippen molar-refractivity contribution in [3.05, 3.63) is 10.1 Å². The van der Waals surface area contributed by atoms with Gasteiger partial charge in [-0.1, -0.05) is 36.7 Å². The Morgan fingerprint density at radius 3 is 2.35 bits per heavy atom. The highest BCUT2D eigenvalue weighted by molar-refractivity contribution is 9.11. The van der Waals surface area contributed by atoms with Crippen LogP contribution in [0.25, 0.3) is 0 Å². The molecule has 0 bridgehead atoms. The molecule has 0 aromatic heterocycles. The molecule has 0 aromatic rings. The average molecular weight is 365 g/mol. The van der Waals surface area contributed by atoms with Crippen LogP contribution < -0.4 is 0 Å². The van der Waals surface area contributed by atoms with Crippen LogP contribution in [0.15, 0.2) is 10.1 Å². The van der Waals surface area contributed by atoms with Crippen molar-refractivity contribution in [1.82, 2.24) is 0 Å². The Balaban J connectivity index is 3.08. The highest BCUT2D eigenvalue weighted by Crippen LogP contribution is 2.41. The molecule has 1 unspecified atom stereocenters. The van der Waals surface area contributed by atoms with E-state index in [1.807, 2.05) is 0 Å². The first-order chi connectivity index (χ1) is 9.01. The molecule has 0 saturated carbocycles. The van der Waals surface area contributed by atoms with Crippen molar-refractivity contribution in [3.63, 3.8) is 0 Å². The van der Waals surface area contributed by atoms with Gasteiger partial charge >= 0.3 is 5.97 Å². The predicted molar refractivity (Wildman–Crippen MR) is 85.3 cm³/mol. The predicted octanol–water partition coefficient (Wildman–Crippen LogP) is 3.35. The highest BCUT2D eigenvalue weighted by Gasteiger charge is 2.42. The fourth-order valence-corrected chi connectivity index (χ4v) is 3.85. The molecule has 116 valence electrons. The third kappa shape index (κ3) is 3.72. The number of aliphatic hydroxyl groups excluding tert-OH is 1. The Bertz CT molecular complexity index is 412. The van der Waals surface area contributed by atoms with Gasteiger partial charge in [-0.2, -0.15) is 0 Å². The number of ether oxygens (including phenoxy) is 1. The molecule has 1 aliphatic rings. The summed E-state index contributed by atoms with van der Waals surface area (Å²) in [5.41, 5.74) is 0.427. The molecule has 1 aliphatic carbocycles. The van der Waals surface area contributed by atoms with Crippen LogP contribution in [0.1, 0.15) is 33.6 Å². The van der Waals surface area contributed by atoms with Crippen LogP contribution in [0.5, 0.6) is 0 Å². The normalized spacial score (nSPS) is 24.8. The average Bonchev–Trinajstić information content (AvgIpc) is 2.31. The number of methoxy groups -OCH3 is 1. The number of halogens is 1. The van der Waals surface area contributed by atoms with Gasteiger partial charge in [0.2, 0.25) is 0 Å². The van der Waals surface area contributed by atoms with Gasteiger partial charge in [-0.05, 0) is 31.0 Å². The maximum absolute atomic E-state index is 12.0. The molecule has 4 nitrogen and oxygen atoms in total. The van der Waals surface area contributed by atoms with Gasteiger partial charge in [-0.15, -0.1) is 0 Å². The molecule has 0 radical (unpaired) electrons. The largest absolute Gasteiger partial charge is 0.466 e. The molecule has 0 aliphatic heterocycles. The first-order valence-electron chi connectivity index (χ1n) is 6.85. The smallest absolute Gasteiger partial charge is 0.337 e. The summed E-state index contributed by atoms with van der Waals surface area (Å²) in [5, 5.41) is 9.98. The Morgan fingerprint density at radius 1 is 1.35 bits per heavy atom. The quantitative estimate of drug-likeness (QED) is 0.616. The van der Waals surface area contributed by atoms with Crippen molar-refractivity contribution in [1.29, 1.82) is 0 Å². The van der Waals surface area contributed by atoms with E-state index in [1.165, 1.54) is 7.11 Å². The minimum Gasteiger partial charge on any atom is -0.466 e. The first-order valence-corrected chi connectivity index (χ1v) is 10.5. The van der Waals surface area contributed by atoms with Crippen LogP contribution in [-0.4, -0.2) is 38.7 Å². The first kappa shape index (κ1) is 17.9. The van der Waals surface area contributed by atoms with Gasteiger partial charge in [0.05, 0.1) is 24.9 Å². The minimum atomic E-state index is -1.99. The summed E-state index contributed by atoms with van der Waals surface area (Å²) in [6.45, 7) is 10.8. The lowest BCUT2D eigenvalue weighted by Crippen LogP contribution is -2.46. The van der Waals surface area contributed by atoms with Crippen LogP contribution in [0, 0.1) is 0 Å². The Hall–Kier alpha value is -0.173. The lowest BCUT2D eigenvalue weighted by molar-refractivity contribution is -0.137. The lowest BCUT2D eigenvalue weighted by Gasteiger charge is -2.41. The van der Waals surface area contributed by atoms with Gasteiger partial charge in [0.15, 0.2) is 8.32 Å². The van der Waals surface area contributed by atoms with Crippen LogP contribution in [0.2, 0.25) is 18.1 Å². The number of rotatable bonds is 3. The zero-order valence-corrected chi connectivity index (χ0v) is 15.7. The Labute approximate surface area is 130 Å². The van der Waals surface area contributed by atoms with Crippen LogP contribution >= 0.6 is 15.9 Å². The summed E-state index contributed by atoms with van der Waals surface area (Å²) in [4.78, 5) is 12.0. The van der Waals surface area contributed by atoms with Crippen molar-refractivity contribution in [2.24, 2.45) is 0 Å². The van der Waals surface area contributed by atoms with E-state index in [4.69, 9.17) is 9.16 Å². The third-order valence-electron chi connectivity index (χ3n) is 4.22. The number of esters is 1. The number of hydrogen-bond donors (Lipinski definition) is 1. The molecule has 0 aromatic carbocycles. The number of carbonyl (C=O) groups is 1. The molecule has 1 rings (SSSR count). The van der Waals surface area contributed by atoms with Gasteiger partial charge in [0.25, 0.3) is 0 Å². The second kappa shape index (κ2) is 6.30. The van der Waals surface area contributed by atoms with E-state index in [9.17, 15) is 9.90 Å². The Morgan fingerprint density at radius 2 is 1.90 bits per heavy atom. The monoisotopic (exact) mass is 364 g/mol. The summed E-state index contributed by atoms with van der Waals surface area (Å²) in [6.07, 6.45) is 0.262. The van der Waals surface area contributed by atoms with E-state index in [0.717, 1.165) is 0 Å². The summed E-state index contributed by atoms with van der Waals surface area (Å²) in [6, 6.07) is 0. The highest BCUT2D eigenvalue weighted by atomic mass is 79.9. The van der Waals surface area contributed by atoms with E-state index in [0.29, 0.717) is 22.9 Å². The SMILES string of the molecule is COC(=O)C1=C(Br)C(O)CC[C@H]1O[Si](C)(C)C(C)(C)C. The molecule has 0 fully saturated rings. The summed E-state index contributed by atoms with van der Waals surface area (Å²) >= 11 is 3.32. The van der Waals surface area contributed by atoms with Crippen molar-refractivity contribution >= 4 is 30.2 Å². The maximum Gasteiger partial charge on any atom is 0.337 e. The standard InChI is InChI=1S/C14H25BrO4Si/c1-14(2,3)20(5,6)19-10-8-7-9(16)12(15)11(10)13(17)18-4/h9-10,16H,7-8H2,1-6H3/t9?,10-/m1/s1. The van der Waals surface area contributed by atoms with E-state index in [1.54, 1.807) is 0 Å². The van der Waals surface area contributed by atoms with Gasteiger partial charge in [0.1, 0.15) is 0 Å². The lowest BCUT2D eigenvalue weighted by atomic mass is 9.94. The number of aliphatic hydroxyl groups is 1. The number of hydrogen-bond acceptors (Lipinski definition) is 4. The molecular weight excluding hydrogens is 340 g/mol. The summed E-state index contributed by atoms with van der Waals surface area (Å²) < 4.78 is 11.7. The molecular formula is C14H25BrO4Si. The second-order valence-electron chi connectivity index (χ2n) is 6.71. The van der Waals surface area contributed by atoms with Crippen LogP contribution in [-0.2, 0) is 14.0 Å². The molecule has 20 heavy (non-hydrogen) atoms. The van der Waals surface area contributed by atoms with E-state index < -0.39 is 20.4 Å². The number of carbonyl (C=O) groups excluding carboxylic acids is 1. The van der Waals surface area contributed by atoms with Crippen molar-refractivity contribution in [2.45, 2.75) is 64.0 Å². The van der Waals surface area contributed by atoms with Crippen LogP contribution in [0.3, 0.4) is 0 Å². The van der Waals surface area contributed by atoms with Crippen LogP contribution in [0.4, 0.5) is 0 Å². The van der Waals surface area contributed by atoms with Gasteiger partial charge < -0.3 is 14.3 Å². The molecule has 0 saturated heterocycles. The summed E-state index contributed by atoms with van der Waals surface area (Å²) in [7, 11) is -0.642. The Kier molecular flexibility index (Phi) is 5.63. The van der Waals surface area contributed by atoms with Crippen molar-refractivity contribution in [2.75, 3.05) is 7.11 Å². The molecule has 0 spiro atoms. The second-order valence-corrected chi connectivity index (χ2v) is 12.3. The van der Waals surface area contributed by atoms with E-state index in [-0.39, 0.29) is 11.1 Å². The van der Waals surface area contributed by atoms with Gasteiger partial charge in [-0.3, -0.25) is 0 Å². The van der Waals surface area contributed by atoms with Gasteiger partial charge in [0, 0.05) is 4.48 Å². The fourth-order valence-electron chi connectivity index (χ4n) is 1.90. The zero-order chi connectivity index (χ0) is 15.7. The third-order valence-corrected chi connectivity index (χ3v) is 9.66. The maximum atomic E-state index is 12.0. The molecule has 6 heteroatoms. The molecule has 0 heterocycles. The fraction of sp³-hybridized carbons (Fsp3) is 0.786. The van der Waals surface area contributed by atoms with E-state index >= 15 is 0 Å².